The molecule has 0 aliphatic heterocycles. The fourth-order valence-electron chi connectivity index (χ4n) is 0.735. The summed E-state index contributed by atoms with van der Waals surface area (Å²) in [6.45, 7) is 3.38. The Balaban J connectivity index is 3.36. The normalized spacial score (nSPS) is 10.0. The first kappa shape index (κ1) is 9.85. The van der Waals surface area contributed by atoms with E-state index >= 15 is 0 Å². The lowest BCUT2D eigenvalue weighted by Gasteiger charge is -2.02. The van der Waals surface area contributed by atoms with Crippen LogP contribution in [0.3, 0.4) is 0 Å². The molecule has 0 aliphatic carbocycles. The molecular formula is C8H4Cl3F. The second-order valence-corrected chi connectivity index (χ2v) is 3.37. The molecule has 0 aromatic heterocycles. The van der Waals surface area contributed by atoms with Gasteiger partial charge in [-0.25, -0.2) is 4.39 Å². The van der Waals surface area contributed by atoms with Crippen molar-refractivity contribution in [3.8, 4) is 0 Å². The molecule has 0 N–H and O–H groups in total. The maximum absolute atomic E-state index is 13.2. The van der Waals surface area contributed by atoms with Gasteiger partial charge in [0, 0.05) is 10.6 Å². The molecule has 12 heavy (non-hydrogen) atoms. The zero-order valence-electron chi connectivity index (χ0n) is 5.87. The molecule has 0 unspecified atom stereocenters. The van der Waals surface area contributed by atoms with Gasteiger partial charge in [-0.3, -0.25) is 0 Å². The maximum atomic E-state index is 13.2. The number of hydrogen-bond acceptors (Lipinski definition) is 0. The molecule has 1 aromatic rings. The minimum Gasteiger partial charge on any atom is -0.205 e. The minimum atomic E-state index is -0.635. The zero-order chi connectivity index (χ0) is 9.30. The van der Waals surface area contributed by atoms with Gasteiger partial charge in [-0.1, -0.05) is 41.4 Å². The maximum Gasteiger partial charge on any atom is 0.151 e. The predicted molar refractivity (Wildman–Crippen MR) is 51.3 cm³/mol. The van der Waals surface area contributed by atoms with Crippen LogP contribution in [0.5, 0.6) is 0 Å². The van der Waals surface area contributed by atoms with Crippen LogP contribution in [-0.4, -0.2) is 0 Å². The van der Waals surface area contributed by atoms with E-state index in [0.717, 1.165) is 0 Å². The highest BCUT2D eigenvalue weighted by Gasteiger charge is 2.10. The Bertz CT molecular complexity index is 333. The molecule has 0 radical (unpaired) electrons. The van der Waals surface area contributed by atoms with E-state index in [-0.39, 0.29) is 20.6 Å². The van der Waals surface area contributed by atoms with Crippen LogP contribution in [0, 0.1) is 5.82 Å². The van der Waals surface area contributed by atoms with Crippen molar-refractivity contribution in [1.82, 2.24) is 0 Å². The van der Waals surface area contributed by atoms with Crippen molar-refractivity contribution in [3.05, 3.63) is 40.1 Å². The number of rotatable bonds is 1. The largest absolute Gasteiger partial charge is 0.205 e. The van der Waals surface area contributed by atoms with E-state index in [2.05, 4.69) is 6.58 Å². The van der Waals surface area contributed by atoms with Gasteiger partial charge in [0.15, 0.2) is 5.82 Å². The molecule has 0 nitrogen and oxygen atoms in total. The molecule has 4 heteroatoms. The molecule has 64 valence electrons. The number of halogens is 4. The molecule has 0 fully saturated rings. The van der Waals surface area contributed by atoms with Crippen LogP contribution in [-0.2, 0) is 0 Å². The quantitative estimate of drug-likeness (QED) is 0.624. The van der Waals surface area contributed by atoms with E-state index in [1.54, 1.807) is 0 Å². The van der Waals surface area contributed by atoms with Gasteiger partial charge in [-0.05, 0) is 12.1 Å². The van der Waals surface area contributed by atoms with E-state index in [0.29, 0.717) is 0 Å². The molecular weight excluding hydrogens is 221 g/mol. The molecule has 0 saturated heterocycles. The summed E-state index contributed by atoms with van der Waals surface area (Å²) in [4.78, 5) is 0. The summed E-state index contributed by atoms with van der Waals surface area (Å²) in [7, 11) is 0. The van der Waals surface area contributed by atoms with Crippen LogP contribution in [0.1, 0.15) is 5.56 Å². The summed E-state index contributed by atoms with van der Waals surface area (Å²) in [6.07, 6.45) is 0. The summed E-state index contributed by atoms with van der Waals surface area (Å²) in [6, 6.07) is 2.90. The predicted octanol–water partition coefficient (Wildman–Crippen LogP) is 4.34. The van der Waals surface area contributed by atoms with E-state index in [1.165, 1.54) is 12.1 Å². The first-order valence-electron chi connectivity index (χ1n) is 3.02. The van der Waals surface area contributed by atoms with E-state index in [9.17, 15) is 4.39 Å². The Morgan fingerprint density at radius 1 is 1.33 bits per heavy atom. The van der Waals surface area contributed by atoms with Crippen LogP contribution in [0.4, 0.5) is 4.39 Å². The standard InChI is InChI=1S/C8H4Cl3F/c1-4(9)5-2-3-6(10)7(11)8(5)12/h2-3H,1H2. The van der Waals surface area contributed by atoms with Gasteiger partial charge < -0.3 is 0 Å². The van der Waals surface area contributed by atoms with Crippen molar-refractivity contribution in [1.29, 1.82) is 0 Å². The van der Waals surface area contributed by atoms with Gasteiger partial charge in [0.05, 0.1) is 10.0 Å². The van der Waals surface area contributed by atoms with Crippen molar-refractivity contribution < 1.29 is 4.39 Å². The molecule has 1 rings (SSSR count). The van der Waals surface area contributed by atoms with Gasteiger partial charge >= 0.3 is 0 Å². The number of hydrogen-bond donors (Lipinski definition) is 0. The zero-order valence-corrected chi connectivity index (χ0v) is 8.14. The SMILES string of the molecule is C=C(Cl)c1ccc(Cl)c(Cl)c1F. The van der Waals surface area contributed by atoms with Crippen LogP contribution in [0.2, 0.25) is 10.0 Å². The summed E-state index contributed by atoms with van der Waals surface area (Å²) < 4.78 is 13.2. The molecule has 1 aromatic carbocycles. The summed E-state index contributed by atoms with van der Waals surface area (Å²) in [5, 5.41) is 0.137. The average molecular weight is 225 g/mol. The van der Waals surface area contributed by atoms with Crippen molar-refractivity contribution >= 4 is 39.8 Å². The Morgan fingerprint density at radius 2 is 1.92 bits per heavy atom. The van der Waals surface area contributed by atoms with Crippen molar-refractivity contribution in [3.63, 3.8) is 0 Å². The highest BCUT2D eigenvalue weighted by Crippen LogP contribution is 2.30. The van der Waals surface area contributed by atoms with Crippen molar-refractivity contribution in [2.75, 3.05) is 0 Å². The summed E-state index contributed by atoms with van der Waals surface area (Å²) in [5.41, 5.74) is 0.172. The molecule has 0 saturated carbocycles. The van der Waals surface area contributed by atoms with Crippen LogP contribution in [0.25, 0.3) is 5.03 Å². The summed E-state index contributed by atoms with van der Waals surface area (Å²) >= 11 is 16.6. The van der Waals surface area contributed by atoms with Crippen molar-refractivity contribution in [2.24, 2.45) is 0 Å². The monoisotopic (exact) mass is 224 g/mol. The second kappa shape index (κ2) is 3.65. The van der Waals surface area contributed by atoms with Gasteiger partial charge in [0.2, 0.25) is 0 Å². The van der Waals surface area contributed by atoms with E-state index in [4.69, 9.17) is 34.8 Å². The van der Waals surface area contributed by atoms with Crippen LogP contribution < -0.4 is 0 Å². The Morgan fingerprint density at radius 3 is 2.42 bits per heavy atom. The van der Waals surface area contributed by atoms with Gasteiger partial charge in [0.25, 0.3) is 0 Å². The molecule has 0 atom stereocenters. The lowest BCUT2D eigenvalue weighted by molar-refractivity contribution is 0.625. The highest BCUT2D eigenvalue weighted by atomic mass is 35.5. The topological polar surface area (TPSA) is 0 Å². The van der Waals surface area contributed by atoms with Crippen molar-refractivity contribution in [2.45, 2.75) is 0 Å². The second-order valence-electron chi connectivity index (χ2n) is 2.13. The third-order valence-corrected chi connectivity index (χ3v) is 2.31. The molecule has 0 aliphatic rings. The summed E-state index contributed by atoms with van der Waals surface area (Å²) in [5.74, 6) is -0.635. The Labute approximate surface area is 84.5 Å². The number of benzene rings is 1. The van der Waals surface area contributed by atoms with Gasteiger partial charge in [-0.2, -0.15) is 0 Å². The van der Waals surface area contributed by atoms with Gasteiger partial charge in [0.1, 0.15) is 0 Å². The smallest absolute Gasteiger partial charge is 0.151 e. The minimum absolute atomic E-state index is 0.103. The Hall–Kier alpha value is -0.240. The molecule has 0 spiro atoms. The first-order chi connectivity index (χ1) is 5.54. The Kier molecular flexibility index (Phi) is 2.99. The molecule has 0 amide bonds. The highest BCUT2D eigenvalue weighted by molar-refractivity contribution is 6.49. The first-order valence-corrected chi connectivity index (χ1v) is 4.15. The molecule has 0 bridgehead atoms. The van der Waals surface area contributed by atoms with Crippen LogP contribution >= 0.6 is 34.8 Å². The third-order valence-electron chi connectivity index (χ3n) is 1.33. The van der Waals surface area contributed by atoms with Gasteiger partial charge in [-0.15, -0.1) is 0 Å². The van der Waals surface area contributed by atoms with E-state index < -0.39 is 5.82 Å². The fourth-order valence-corrected chi connectivity index (χ4v) is 1.19. The fraction of sp³-hybridized carbons (Fsp3) is 0. The third kappa shape index (κ3) is 1.74. The van der Waals surface area contributed by atoms with E-state index in [1.807, 2.05) is 0 Å². The molecule has 0 heterocycles. The average Bonchev–Trinajstić information content (AvgIpc) is 2.00. The lowest BCUT2D eigenvalue weighted by atomic mass is 10.2. The lowest BCUT2D eigenvalue weighted by Crippen LogP contribution is -1.86. The van der Waals surface area contributed by atoms with Crippen LogP contribution in [0.15, 0.2) is 18.7 Å².